The van der Waals surface area contributed by atoms with Crippen LogP contribution in [0.3, 0.4) is 0 Å². The number of rotatable bonds is 6. The van der Waals surface area contributed by atoms with Crippen molar-refractivity contribution in [3.63, 3.8) is 0 Å². The van der Waals surface area contributed by atoms with Gasteiger partial charge in [0.25, 0.3) is 0 Å². The second-order valence-corrected chi connectivity index (χ2v) is 17.0. The van der Waals surface area contributed by atoms with Gasteiger partial charge in [0.05, 0.1) is 5.41 Å². The van der Waals surface area contributed by atoms with Crippen molar-refractivity contribution in [1.29, 1.82) is 0 Å². The Morgan fingerprint density at radius 3 is 2.45 bits per heavy atom. The standard InChI is InChI=1S/C40H56O4/c1-26(2)29-18-22-40(35(43)44-25-27-11-9-8-10-12-27)24-23-38(6)30(34(29)40)14-15-32-37(5)20-17-28(13-16-33(41)42)36(3,4)31(37)19-21-39(32,38)7/h8-9,11,13,16-17,29-32,34H,1,10,12,14-15,18-25H2,2-7H3,(H,41,42)/b16-13+/t29-,30?,31?,32?,34?,37?,38+,39?,40?/m0/s1. The van der Waals surface area contributed by atoms with Crippen molar-refractivity contribution in [2.45, 2.75) is 112 Å². The molecule has 4 heteroatoms. The zero-order valence-corrected chi connectivity index (χ0v) is 28.2. The molecule has 4 nitrogen and oxygen atoms in total. The van der Waals surface area contributed by atoms with Gasteiger partial charge in [0, 0.05) is 6.08 Å². The van der Waals surface area contributed by atoms with Gasteiger partial charge in [-0.15, -0.1) is 0 Å². The van der Waals surface area contributed by atoms with E-state index in [1.54, 1.807) is 0 Å². The molecule has 9 atom stereocenters. The molecular weight excluding hydrogens is 544 g/mol. The molecule has 7 unspecified atom stereocenters. The zero-order chi connectivity index (χ0) is 31.7. The minimum absolute atomic E-state index is 0.0628. The van der Waals surface area contributed by atoms with Crippen LogP contribution in [0, 0.1) is 56.7 Å². The minimum Gasteiger partial charge on any atom is -0.478 e. The third-order valence-corrected chi connectivity index (χ3v) is 15.0. The molecule has 0 spiro atoms. The number of fused-ring (bicyclic) bond motifs is 7. The monoisotopic (exact) mass is 600 g/mol. The highest BCUT2D eigenvalue weighted by atomic mass is 16.5. The number of esters is 1. The van der Waals surface area contributed by atoms with E-state index in [0.29, 0.717) is 36.2 Å². The summed E-state index contributed by atoms with van der Waals surface area (Å²) in [5.74, 6) is 1.49. The number of ether oxygens (including phenoxy) is 1. The highest BCUT2D eigenvalue weighted by Crippen LogP contribution is 2.77. The lowest BCUT2D eigenvalue weighted by atomic mass is 9.32. The summed E-state index contributed by atoms with van der Waals surface area (Å²) in [7, 11) is 0. The summed E-state index contributed by atoms with van der Waals surface area (Å²) in [5.41, 5.74) is 3.73. The molecule has 0 aromatic heterocycles. The van der Waals surface area contributed by atoms with Crippen molar-refractivity contribution in [2.24, 2.45) is 56.7 Å². The van der Waals surface area contributed by atoms with Gasteiger partial charge in [-0.05, 0) is 140 Å². The van der Waals surface area contributed by atoms with Crippen LogP contribution in [0.1, 0.15) is 112 Å². The Balaban J connectivity index is 1.32. The van der Waals surface area contributed by atoms with Crippen molar-refractivity contribution in [1.82, 2.24) is 0 Å². The van der Waals surface area contributed by atoms with Gasteiger partial charge < -0.3 is 9.84 Å². The lowest BCUT2D eigenvalue weighted by molar-refractivity contribution is -0.230. The van der Waals surface area contributed by atoms with Crippen LogP contribution < -0.4 is 0 Å². The molecule has 0 aromatic carbocycles. The van der Waals surface area contributed by atoms with Gasteiger partial charge >= 0.3 is 11.9 Å². The molecule has 1 N–H and O–H groups in total. The fourth-order valence-corrected chi connectivity index (χ4v) is 12.6. The maximum absolute atomic E-state index is 14.2. The lowest BCUT2D eigenvalue weighted by Crippen LogP contribution is -2.66. The van der Waals surface area contributed by atoms with Gasteiger partial charge in [0.1, 0.15) is 6.61 Å². The summed E-state index contributed by atoms with van der Waals surface area (Å²) < 4.78 is 6.23. The van der Waals surface area contributed by atoms with Crippen molar-refractivity contribution in [2.75, 3.05) is 6.61 Å². The molecule has 4 fully saturated rings. The van der Waals surface area contributed by atoms with Crippen LogP contribution in [-0.2, 0) is 14.3 Å². The number of carboxylic acids is 1. The predicted octanol–water partition coefficient (Wildman–Crippen LogP) is 9.64. The maximum Gasteiger partial charge on any atom is 0.328 e. The van der Waals surface area contributed by atoms with E-state index in [-0.39, 0.29) is 33.0 Å². The van der Waals surface area contributed by atoms with E-state index in [0.717, 1.165) is 44.9 Å². The molecule has 6 aliphatic carbocycles. The molecule has 6 rings (SSSR count). The Kier molecular flexibility index (Phi) is 7.81. The van der Waals surface area contributed by atoms with Gasteiger partial charge in [-0.25, -0.2) is 4.79 Å². The highest BCUT2D eigenvalue weighted by molar-refractivity contribution is 5.80. The third kappa shape index (κ3) is 4.50. The van der Waals surface area contributed by atoms with Crippen LogP contribution in [-0.4, -0.2) is 23.7 Å². The lowest BCUT2D eigenvalue weighted by Gasteiger charge is -2.72. The van der Waals surface area contributed by atoms with E-state index in [1.807, 2.05) is 6.08 Å². The molecule has 0 heterocycles. The van der Waals surface area contributed by atoms with E-state index in [1.165, 1.54) is 48.5 Å². The van der Waals surface area contributed by atoms with E-state index < -0.39 is 5.97 Å². The predicted molar refractivity (Wildman–Crippen MR) is 177 cm³/mol. The molecule has 0 radical (unpaired) electrons. The number of aliphatic carboxylic acids is 1. The van der Waals surface area contributed by atoms with E-state index in [2.05, 4.69) is 72.4 Å². The number of hydrogen-bond donors (Lipinski definition) is 1. The first-order chi connectivity index (χ1) is 20.7. The normalized spacial score (nSPS) is 44.0. The Morgan fingerprint density at radius 1 is 1.00 bits per heavy atom. The maximum atomic E-state index is 14.2. The molecule has 44 heavy (non-hydrogen) atoms. The first kappa shape index (κ1) is 31.6. The van der Waals surface area contributed by atoms with Crippen LogP contribution in [0.25, 0.3) is 0 Å². The summed E-state index contributed by atoms with van der Waals surface area (Å²) in [6.45, 7) is 19.6. The van der Waals surface area contributed by atoms with Crippen LogP contribution in [0.4, 0.5) is 0 Å². The smallest absolute Gasteiger partial charge is 0.328 e. The summed E-state index contributed by atoms with van der Waals surface area (Å²) in [5, 5.41) is 9.33. The van der Waals surface area contributed by atoms with E-state index >= 15 is 0 Å². The molecule has 0 aliphatic heterocycles. The number of allylic oxidation sites excluding steroid dienone is 7. The molecule has 6 aliphatic rings. The van der Waals surface area contributed by atoms with Crippen molar-refractivity contribution < 1.29 is 19.4 Å². The van der Waals surface area contributed by atoms with Crippen LogP contribution in [0.2, 0.25) is 0 Å². The van der Waals surface area contributed by atoms with Crippen molar-refractivity contribution in [3.05, 3.63) is 59.8 Å². The summed E-state index contributed by atoms with van der Waals surface area (Å²) in [4.78, 5) is 25.6. The number of carboxylic acid groups (broad SMARTS) is 1. The average Bonchev–Trinajstić information content (AvgIpc) is 3.37. The second-order valence-electron chi connectivity index (χ2n) is 17.0. The summed E-state index contributed by atoms with van der Waals surface area (Å²) in [6.07, 6.45) is 23.7. The van der Waals surface area contributed by atoms with E-state index in [4.69, 9.17) is 4.74 Å². The van der Waals surface area contributed by atoms with Crippen LogP contribution in [0.5, 0.6) is 0 Å². The Labute approximate surface area is 266 Å². The third-order valence-electron chi connectivity index (χ3n) is 15.0. The Hall–Kier alpha value is -2.36. The molecule has 0 bridgehead atoms. The second kappa shape index (κ2) is 10.9. The highest BCUT2D eigenvalue weighted by Gasteiger charge is 2.71. The minimum atomic E-state index is -0.877. The molecule has 4 saturated carbocycles. The van der Waals surface area contributed by atoms with E-state index in [9.17, 15) is 14.7 Å². The zero-order valence-electron chi connectivity index (χ0n) is 28.2. The van der Waals surface area contributed by atoms with Gasteiger partial charge in [-0.1, -0.05) is 77.2 Å². The van der Waals surface area contributed by atoms with Gasteiger partial charge in [-0.2, -0.15) is 0 Å². The Bertz CT molecular complexity index is 1340. The molecule has 0 aromatic rings. The number of hydrogen-bond acceptors (Lipinski definition) is 3. The van der Waals surface area contributed by atoms with Crippen LogP contribution in [0.15, 0.2) is 59.8 Å². The van der Waals surface area contributed by atoms with Gasteiger partial charge in [-0.3, -0.25) is 4.79 Å². The molecule has 0 saturated heterocycles. The van der Waals surface area contributed by atoms with Crippen molar-refractivity contribution >= 4 is 11.9 Å². The summed E-state index contributed by atoms with van der Waals surface area (Å²) >= 11 is 0. The van der Waals surface area contributed by atoms with Crippen LogP contribution >= 0.6 is 0 Å². The Morgan fingerprint density at radius 2 is 1.77 bits per heavy atom. The van der Waals surface area contributed by atoms with Crippen molar-refractivity contribution in [3.8, 4) is 0 Å². The largest absolute Gasteiger partial charge is 0.478 e. The topological polar surface area (TPSA) is 63.6 Å². The number of carbonyl (C=O) groups is 2. The first-order valence-corrected chi connectivity index (χ1v) is 17.5. The quantitative estimate of drug-likeness (QED) is 0.187. The SMILES string of the molecule is C=C(C)[C@@H]1CCC2(C(=O)OCC3=CC=CCC3)CC[C@]3(C)C(CCC4C5(C)CC=C(/C=C/C(=O)O)C(C)(C)C5CCC43C)C12. The first-order valence-electron chi connectivity index (χ1n) is 17.5. The molecule has 240 valence electrons. The van der Waals surface area contributed by atoms with Gasteiger partial charge in [0.2, 0.25) is 0 Å². The fourth-order valence-electron chi connectivity index (χ4n) is 12.6. The fraction of sp³-hybridized carbons (Fsp3) is 0.700. The molecule has 0 amide bonds. The average molecular weight is 601 g/mol. The molecular formula is C40H56O4. The summed E-state index contributed by atoms with van der Waals surface area (Å²) in [6, 6.07) is 0. The number of carbonyl (C=O) groups excluding carboxylic acids is 1. The van der Waals surface area contributed by atoms with Gasteiger partial charge in [0.15, 0.2) is 0 Å².